The topological polar surface area (TPSA) is 94.5 Å². The summed E-state index contributed by atoms with van der Waals surface area (Å²) < 4.78 is 5.44. The van der Waals surface area contributed by atoms with Gasteiger partial charge in [0.15, 0.2) is 0 Å². The maximum absolute atomic E-state index is 12.7. The maximum atomic E-state index is 12.7. The molecule has 3 aromatic rings. The highest BCUT2D eigenvalue weighted by atomic mass is 32.1. The average Bonchev–Trinajstić information content (AvgIpc) is 3.37. The van der Waals surface area contributed by atoms with E-state index in [0.717, 1.165) is 36.6 Å². The molecule has 30 heavy (non-hydrogen) atoms. The van der Waals surface area contributed by atoms with Crippen LogP contribution in [0.25, 0.3) is 21.5 Å². The van der Waals surface area contributed by atoms with E-state index in [-0.39, 0.29) is 11.5 Å². The normalized spacial score (nSPS) is 15.8. The number of carbonyl (C=O) groups is 1. The predicted molar refractivity (Wildman–Crippen MR) is 118 cm³/mol. The van der Waals surface area contributed by atoms with Crippen LogP contribution >= 0.6 is 11.3 Å². The van der Waals surface area contributed by atoms with Crippen molar-refractivity contribution in [2.45, 2.75) is 20.4 Å². The number of hydrogen-bond donors (Lipinski definition) is 2. The summed E-state index contributed by atoms with van der Waals surface area (Å²) in [6.07, 6.45) is 1.60. The summed E-state index contributed by atoms with van der Waals surface area (Å²) in [5, 5.41) is 5.46. The van der Waals surface area contributed by atoms with Crippen LogP contribution in [0.4, 0.5) is 0 Å². The van der Waals surface area contributed by atoms with Crippen molar-refractivity contribution in [2.75, 3.05) is 39.3 Å². The largest absolute Gasteiger partial charge is 0.464 e. The van der Waals surface area contributed by atoms with Gasteiger partial charge in [-0.15, -0.1) is 11.3 Å². The molecule has 8 nitrogen and oxygen atoms in total. The van der Waals surface area contributed by atoms with Crippen LogP contribution in [0, 0.1) is 5.92 Å². The molecule has 0 bridgehead atoms. The number of nitrogens with one attached hydrogen (secondary N) is 2. The van der Waals surface area contributed by atoms with Gasteiger partial charge in [0.1, 0.15) is 16.4 Å². The SMILES string of the molecule is CC(C)CNC(=O)CN1CCN(Cc2nc3scc(-c4ccco4)c3c(=O)[nH]2)CC1. The maximum Gasteiger partial charge on any atom is 0.260 e. The number of nitrogens with zero attached hydrogens (tertiary/aromatic N) is 3. The van der Waals surface area contributed by atoms with E-state index < -0.39 is 0 Å². The van der Waals surface area contributed by atoms with Gasteiger partial charge in [-0.05, 0) is 18.1 Å². The first-order valence-electron chi connectivity index (χ1n) is 10.3. The lowest BCUT2D eigenvalue weighted by molar-refractivity contribution is -0.122. The monoisotopic (exact) mass is 429 g/mol. The Morgan fingerprint density at radius 1 is 1.30 bits per heavy atom. The number of rotatable bonds is 7. The molecule has 4 heterocycles. The third-order valence-electron chi connectivity index (χ3n) is 5.19. The molecule has 1 fully saturated rings. The molecule has 1 amide bonds. The summed E-state index contributed by atoms with van der Waals surface area (Å²) in [7, 11) is 0. The van der Waals surface area contributed by atoms with E-state index in [4.69, 9.17) is 4.42 Å². The summed E-state index contributed by atoms with van der Waals surface area (Å²) in [5.74, 6) is 1.88. The second-order valence-corrected chi connectivity index (χ2v) is 8.93. The molecule has 0 saturated carbocycles. The number of aromatic nitrogens is 2. The highest BCUT2D eigenvalue weighted by Crippen LogP contribution is 2.30. The van der Waals surface area contributed by atoms with E-state index in [1.165, 1.54) is 11.3 Å². The summed E-state index contributed by atoms with van der Waals surface area (Å²) in [5.41, 5.74) is 0.646. The first-order valence-corrected chi connectivity index (χ1v) is 11.1. The number of H-pyrrole nitrogens is 1. The number of hydrogen-bond acceptors (Lipinski definition) is 7. The fraction of sp³-hybridized carbons (Fsp3) is 0.476. The van der Waals surface area contributed by atoms with Gasteiger partial charge in [-0.25, -0.2) is 4.98 Å². The van der Waals surface area contributed by atoms with E-state index in [0.29, 0.717) is 42.5 Å². The molecule has 0 aromatic carbocycles. The molecule has 2 N–H and O–H groups in total. The average molecular weight is 430 g/mol. The number of carbonyl (C=O) groups excluding carboxylic acids is 1. The van der Waals surface area contributed by atoms with Gasteiger partial charge >= 0.3 is 0 Å². The molecule has 1 aliphatic rings. The third kappa shape index (κ3) is 4.80. The Morgan fingerprint density at radius 3 is 2.77 bits per heavy atom. The van der Waals surface area contributed by atoms with Crippen LogP contribution in [0.15, 0.2) is 33.0 Å². The van der Waals surface area contributed by atoms with Crippen molar-refractivity contribution in [3.05, 3.63) is 40.0 Å². The van der Waals surface area contributed by atoms with Crippen molar-refractivity contribution < 1.29 is 9.21 Å². The predicted octanol–water partition coefficient (Wildman–Crippen LogP) is 2.13. The number of aromatic amines is 1. The smallest absolute Gasteiger partial charge is 0.260 e. The Balaban J connectivity index is 1.35. The number of fused-ring (bicyclic) bond motifs is 1. The van der Waals surface area contributed by atoms with Crippen LogP contribution in [-0.4, -0.2) is 64.9 Å². The van der Waals surface area contributed by atoms with Crippen LogP contribution in [0.1, 0.15) is 19.7 Å². The zero-order valence-corrected chi connectivity index (χ0v) is 18.1. The number of amides is 1. The summed E-state index contributed by atoms with van der Waals surface area (Å²) in [4.78, 5) is 37.5. The quantitative estimate of drug-likeness (QED) is 0.598. The highest BCUT2D eigenvalue weighted by Gasteiger charge is 2.21. The Bertz CT molecular complexity index is 1050. The van der Waals surface area contributed by atoms with Crippen molar-refractivity contribution in [1.82, 2.24) is 25.1 Å². The zero-order chi connectivity index (χ0) is 21.1. The van der Waals surface area contributed by atoms with Crippen molar-refractivity contribution in [3.8, 4) is 11.3 Å². The first kappa shape index (κ1) is 20.8. The Morgan fingerprint density at radius 2 is 2.07 bits per heavy atom. The number of furan rings is 1. The summed E-state index contributed by atoms with van der Waals surface area (Å²) >= 11 is 1.45. The molecule has 0 spiro atoms. The number of piperazine rings is 1. The Hall–Kier alpha value is -2.49. The molecule has 4 rings (SSSR count). The van der Waals surface area contributed by atoms with Gasteiger partial charge in [-0.2, -0.15) is 0 Å². The summed E-state index contributed by atoms with van der Waals surface area (Å²) in [6, 6.07) is 3.65. The van der Waals surface area contributed by atoms with Crippen molar-refractivity contribution >= 4 is 27.5 Å². The Kier molecular flexibility index (Phi) is 6.31. The van der Waals surface area contributed by atoms with Crippen molar-refractivity contribution in [2.24, 2.45) is 5.92 Å². The Labute approximate surface area is 178 Å². The van der Waals surface area contributed by atoms with Crippen LogP contribution < -0.4 is 10.9 Å². The molecule has 0 radical (unpaired) electrons. The lowest BCUT2D eigenvalue weighted by Crippen LogP contribution is -2.49. The van der Waals surface area contributed by atoms with E-state index in [2.05, 4.69) is 38.9 Å². The van der Waals surface area contributed by atoms with Gasteiger partial charge in [-0.3, -0.25) is 19.4 Å². The van der Waals surface area contributed by atoms with E-state index in [9.17, 15) is 9.59 Å². The molecular weight excluding hydrogens is 402 g/mol. The molecule has 160 valence electrons. The van der Waals surface area contributed by atoms with Crippen LogP contribution in [0.5, 0.6) is 0 Å². The lowest BCUT2D eigenvalue weighted by atomic mass is 10.2. The van der Waals surface area contributed by atoms with Crippen molar-refractivity contribution in [3.63, 3.8) is 0 Å². The molecule has 0 aliphatic carbocycles. The molecule has 0 unspecified atom stereocenters. The third-order valence-corrected chi connectivity index (χ3v) is 6.06. The molecule has 3 aromatic heterocycles. The van der Waals surface area contributed by atoms with Crippen LogP contribution in [-0.2, 0) is 11.3 Å². The minimum atomic E-state index is -0.136. The molecule has 1 saturated heterocycles. The zero-order valence-electron chi connectivity index (χ0n) is 17.3. The molecule has 0 atom stereocenters. The van der Waals surface area contributed by atoms with Crippen molar-refractivity contribution in [1.29, 1.82) is 0 Å². The van der Waals surface area contributed by atoms with Gasteiger partial charge in [0, 0.05) is 43.7 Å². The molecule has 9 heteroatoms. The van der Waals surface area contributed by atoms with E-state index in [1.807, 2.05) is 17.5 Å². The second kappa shape index (κ2) is 9.11. The fourth-order valence-corrected chi connectivity index (χ4v) is 4.52. The van der Waals surface area contributed by atoms with Gasteiger partial charge < -0.3 is 14.7 Å². The first-order chi connectivity index (χ1) is 14.5. The van der Waals surface area contributed by atoms with Gasteiger partial charge in [0.2, 0.25) is 5.91 Å². The van der Waals surface area contributed by atoms with Gasteiger partial charge in [0.05, 0.1) is 24.7 Å². The minimum Gasteiger partial charge on any atom is -0.464 e. The van der Waals surface area contributed by atoms with E-state index >= 15 is 0 Å². The molecular formula is C21H27N5O3S. The van der Waals surface area contributed by atoms with Crippen LogP contribution in [0.3, 0.4) is 0 Å². The fourth-order valence-electron chi connectivity index (χ4n) is 3.58. The molecule has 1 aliphatic heterocycles. The minimum absolute atomic E-state index is 0.0821. The van der Waals surface area contributed by atoms with E-state index in [1.54, 1.807) is 6.26 Å². The second-order valence-electron chi connectivity index (χ2n) is 8.07. The van der Waals surface area contributed by atoms with Gasteiger partial charge in [-0.1, -0.05) is 13.8 Å². The number of thiophene rings is 1. The lowest BCUT2D eigenvalue weighted by Gasteiger charge is -2.33. The highest BCUT2D eigenvalue weighted by molar-refractivity contribution is 7.17. The standard InChI is InChI=1S/C21H27N5O3S/c1-14(2)10-22-18(27)12-26-7-5-25(6-8-26)11-17-23-20(28)19-15(13-30-21(19)24-17)16-4-3-9-29-16/h3-4,9,13-14H,5-8,10-12H2,1-2H3,(H,22,27)(H,23,24,28). The van der Waals surface area contributed by atoms with Crippen LogP contribution in [0.2, 0.25) is 0 Å². The van der Waals surface area contributed by atoms with Gasteiger partial charge in [0.25, 0.3) is 5.56 Å². The summed E-state index contributed by atoms with van der Waals surface area (Å²) in [6.45, 7) is 9.23.